The van der Waals surface area contributed by atoms with Crippen LogP contribution in [0.2, 0.25) is 0 Å². The molecule has 0 saturated heterocycles. The van der Waals surface area contributed by atoms with Crippen molar-refractivity contribution in [2.45, 2.75) is 25.8 Å². The summed E-state index contributed by atoms with van der Waals surface area (Å²) in [7, 11) is 1.45. The van der Waals surface area contributed by atoms with Crippen LogP contribution in [0.1, 0.15) is 30.1 Å². The molecule has 7 heteroatoms. The van der Waals surface area contributed by atoms with Crippen molar-refractivity contribution in [1.82, 2.24) is 4.90 Å². The highest BCUT2D eigenvalue weighted by Gasteiger charge is 2.35. The van der Waals surface area contributed by atoms with E-state index in [1.54, 1.807) is 6.92 Å². The van der Waals surface area contributed by atoms with Crippen molar-refractivity contribution >= 4 is 11.6 Å². The van der Waals surface area contributed by atoms with E-state index < -0.39 is 33.7 Å². The molecule has 0 N–H and O–H groups in total. The van der Waals surface area contributed by atoms with Crippen LogP contribution >= 0.6 is 0 Å². The molecule has 1 atom stereocenters. The molecule has 0 spiro atoms. The fourth-order valence-electron chi connectivity index (χ4n) is 2.13. The molecular formula is C13H14F2N2O3. The van der Waals surface area contributed by atoms with Crippen LogP contribution in [0.15, 0.2) is 12.1 Å². The number of hydrogen-bond donors (Lipinski definition) is 0. The summed E-state index contributed by atoms with van der Waals surface area (Å²) in [6, 6.07) is 1.30. The van der Waals surface area contributed by atoms with Crippen LogP contribution in [-0.2, 0) is 0 Å². The molecule has 1 fully saturated rings. The second-order valence-electron chi connectivity index (χ2n) is 5.01. The number of benzene rings is 1. The highest BCUT2D eigenvalue weighted by molar-refractivity contribution is 5.95. The Balaban J connectivity index is 2.38. The Bertz CT molecular complexity index is 573. The van der Waals surface area contributed by atoms with Gasteiger partial charge in [-0.3, -0.25) is 14.9 Å². The number of carbonyl (C=O) groups excluding carboxylic acids is 1. The van der Waals surface area contributed by atoms with E-state index in [4.69, 9.17) is 0 Å². The number of nitro groups is 1. The first kappa shape index (κ1) is 14.4. The number of rotatable bonds is 4. The zero-order valence-electron chi connectivity index (χ0n) is 11.1. The molecule has 1 amide bonds. The highest BCUT2D eigenvalue weighted by Crippen LogP contribution is 2.35. The van der Waals surface area contributed by atoms with E-state index >= 15 is 0 Å². The second kappa shape index (κ2) is 5.15. The van der Waals surface area contributed by atoms with Crippen LogP contribution in [-0.4, -0.2) is 28.8 Å². The Labute approximate surface area is 114 Å². The van der Waals surface area contributed by atoms with Gasteiger partial charge in [-0.2, -0.15) is 4.39 Å². The third-order valence-corrected chi connectivity index (χ3v) is 3.72. The molecule has 0 aliphatic heterocycles. The summed E-state index contributed by atoms with van der Waals surface area (Å²) in [5, 5.41) is 10.6. The molecule has 2 rings (SSSR count). The lowest BCUT2D eigenvalue weighted by Crippen LogP contribution is -2.37. The zero-order valence-corrected chi connectivity index (χ0v) is 11.1. The standard InChI is InChI=1S/C13H14F2N2O3/c1-7(8-3-4-8)16(2)13(18)11-9(14)5-6-10(12(11)15)17(19)20/h5-8H,3-4H2,1-2H3. The normalized spacial score (nSPS) is 15.8. The summed E-state index contributed by atoms with van der Waals surface area (Å²) in [6.45, 7) is 1.79. The summed E-state index contributed by atoms with van der Waals surface area (Å²) in [4.78, 5) is 23.1. The third-order valence-electron chi connectivity index (χ3n) is 3.72. The summed E-state index contributed by atoms with van der Waals surface area (Å²) >= 11 is 0. The largest absolute Gasteiger partial charge is 0.339 e. The van der Waals surface area contributed by atoms with Crippen molar-refractivity contribution in [3.8, 4) is 0 Å². The van der Waals surface area contributed by atoms with Gasteiger partial charge >= 0.3 is 5.69 Å². The lowest BCUT2D eigenvalue weighted by molar-refractivity contribution is -0.387. The SMILES string of the molecule is CC(C1CC1)N(C)C(=O)c1c(F)ccc([N+](=O)[O-])c1F. The minimum atomic E-state index is -1.42. The van der Waals surface area contributed by atoms with E-state index in [9.17, 15) is 23.7 Å². The van der Waals surface area contributed by atoms with Crippen LogP contribution < -0.4 is 0 Å². The van der Waals surface area contributed by atoms with Crippen LogP contribution in [0.3, 0.4) is 0 Å². The molecule has 0 bridgehead atoms. The van der Waals surface area contributed by atoms with Crippen molar-refractivity contribution in [3.05, 3.63) is 39.4 Å². The van der Waals surface area contributed by atoms with Crippen molar-refractivity contribution in [1.29, 1.82) is 0 Å². The third kappa shape index (κ3) is 2.48. The molecule has 0 heterocycles. The van der Waals surface area contributed by atoms with E-state index in [0.29, 0.717) is 12.0 Å². The number of nitro benzene ring substituents is 1. The molecule has 0 radical (unpaired) electrons. The fourth-order valence-corrected chi connectivity index (χ4v) is 2.13. The molecule has 1 aliphatic rings. The monoisotopic (exact) mass is 284 g/mol. The van der Waals surface area contributed by atoms with Crippen molar-refractivity contribution in [3.63, 3.8) is 0 Å². The maximum atomic E-state index is 13.9. The van der Waals surface area contributed by atoms with Crippen LogP contribution in [0.4, 0.5) is 14.5 Å². The molecule has 20 heavy (non-hydrogen) atoms. The molecule has 5 nitrogen and oxygen atoms in total. The maximum absolute atomic E-state index is 13.9. The highest BCUT2D eigenvalue weighted by atomic mass is 19.1. The fraction of sp³-hybridized carbons (Fsp3) is 0.462. The van der Waals surface area contributed by atoms with Crippen LogP contribution in [0.5, 0.6) is 0 Å². The van der Waals surface area contributed by atoms with Gasteiger partial charge in [0, 0.05) is 19.2 Å². The smallest absolute Gasteiger partial charge is 0.305 e. The van der Waals surface area contributed by atoms with Gasteiger partial charge in [0.2, 0.25) is 5.82 Å². The summed E-state index contributed by atoms with van der Waals surface area (Å²) in [5.74, 6) is -3.06. The zero-order chi connectivity index (χ0) is 15.0. The number of halogens is 2. The second-order valence-corrected chi connectivity index (χ2v) is 5.01. The Morgan fingerprint density at radius 2 is 2.05 bits per heavy atom. The summed E-state index contributed by atoms with van der Waals surface area (Å²) in [5.41, 5.74) is -1.77. The predicted octanol–water partition coefficient (Wildman–Crippen LogP) is 2.74. The van der Waals surface area contributed by atoms with Gasteiger partial charge in [0.25, 0.3) is 5.91 Å². The summed E-state index contributed by atoms with van der Waals surface area (Å²) < 4.78 is 27.6. The van der Waals surface area contributed by atoms with Gasteiger partial charge in [0.15, 0.2) is 0 Å². The Morgan fingerprint density at radius 3 is 2.55 bits per heavy atom. The van der Waals surface area contributed by atoms with E-state index in [1.165, 1.54) is 11.9 Å². The average molecular weight is 284 g/mol. The molecular weight excluding hydrogens is 270 g/mol. The molecule has 1 aromatic carbocycles. The first-order valence-electron chi connectivity index (χ1n) is 6.24. The van der Waals surface area contributed by atoms with Crippen LogP contribution in [0.25, 0.3) is 0 Å². The predicted molar refractivity (Wildman–Crippen MR) is 67.3 cm³/mol. The Hall–Kier alpha value is -2.05. The molecule has 1 aromatic rings. The van der Waals surface area contributed by atoms with Crippen LogP contribution in [0, 0.1) is 27.7 Å². The quantitative estimate of drug-likeness (QED) is 0.631. The van der Waals surface area contributed by atoms with E-state index in [0.717, 1.165) is 18.9 Å². The minimum Gasteiger partial charge on any atom is -0.339 e. The summed E-state index contributed by atoms with van der Waals surface area (Å²) in [6.07, 6.45) is 1.94. The van der Waals surface area contributed by atoms with Gasteiger partial charge in [-0.15, -0.1) is 0 Å². The van der Waals surface area contributed by atoms with Gasteiger partial charge in [-0.25, -0.2) is 4.39 Å². The lowest BCUT2D eigenvalue weighted by Gasteiger charge is -2.25. The average Bonchev–Trinajstić information content (AvgIpc) is 3.20. The lowest BCUT2D eigenvalue weighted by atomic mass is 10.1. The van der Waals surface area contributed by atoms with Crippen molar-refractivity contribution in [2.24, 2.45) is 5.92 Å². The van der Waals surface area contributed by atoms with Gasteiger partial charge in [-0.1, -0.05) is 0 Å². The first-order valence-corrected chi connectivity index (χ1v) is 6.24. The Kier molecular flexibility index (Phi) is 3.69. The molecule has 0 aromatic heterocycles. The van der Waals surface area contributed by atoms with Gasteiger partial charge < -0.3 is 4.90 Å². The van der Waals surface area contributed by atoms with Crippen molar-refractivity contribution in [2.75, 3.05) is 7.05 Å². The molecule has 1 saturated carbocycles. The van der Waals surface area contributed by atoms with Gasteiger partial charge in [0.1, 0.15) is 11.4 Å². The van der Waals surface area contributed by atoms with Gasteiger partial charge in [0.05, 0.1) is 4.92 Å². The van der Waals surface area contributed by atoms with E-state index in [-0.39, 0.29) is 6.04 Å². The van der Waals surface area contributed by atoms with E-state index in [2.05, 4.69) is 0 Å². The topological polar surface area (TPSA) is 63.5 Å². The number of hydrogen-bond acceptors (Lipinski definition) is 3. The minimum absolute atomic E-state index is 0.152. The number of carbonyl (C=O) groups is 1. The van der Waals surface area contributed by atoms with E-state index in [1.807, 2.05) is 0 Å². The molecule has 1 aliphatic carbocycles. The number of amides is 1. The molecule has 108 valence electrons. The number of nitrogens with zero attached hydrogens (tertiary/aromatic N) is 2. The maximum Gasteiger partial charge on any atom is 0.305 e. The first-order chi connectivity index (χ1) is 9.34. The molecule has 1 unspecified atom stereocenters. The van der Waals surface area contributed by atoms with Crippen molar-refractivity contribution < 1.29 is 18.5 Å². The Morgan fingerprint density at radius 1 is 1.45 bits per heavy atom. The van der Waals surface area contributed by atoms with Gasteiger partial charge in [-0.05, 0) is 31.7 Å².